The lowest BCUT2D eigenvalue weighted by molar-refractivity contribution is -0.138. The summed E-state index contributed by atoms with van der Waals surface area (Å²) in [5.74, 6) is 0.562. The summed E-state index contributed by atoms with van der Waals surface area (Å²) >= 11 is 1.17. The lowest BCUT2D eigenvalue weighted by Crippen LogP contribution is -2.05. The van der Waals surface area contributed by atoms with Crippen LogP contribution in [-0.2, 0) is 15.7 Å². The van der Waals surface area contributed by atoms with Crippen LogP contribution in [0.3, 0.4) is 0 Å². The number of hydrogen-bond donors (Lipinski definition) is 0. The Hall–Kier alpha value is -3.12. The van der Waals surface area contributed by atoms with Crippen molar-refractivity contribution in [2.75, 3.05) is 26.1 Å². The smallest absolute Gasteiger partial charge is 0.416 e. The molecule has 0 radical (unpaired) electrons. The van der Waals surface area contributed by atoms with E-state index < -0.39 is 17.7 Å². The van der Waals surface area contributed by atoms with E-state index in [4.69, 9.17) is 19.5 Å². The lowest BCUT2D eigenvalue weighted by atomic mass is 10.2. The summed E-state index contributed by atoms with van der Waals surface area (Å²) in [6.45, 7) is -0.0648. The largest absolute Gasteiger partial charge is 0.493 e. The fourth-order valence-electron chi connectivity index (χ4n) is 2.29. The van der Waals surface area contributed by atoms with E-state index in [1.165, 1.54) is 37.1 Å². The van der Waals surface area contributed by atoms with Gasteiger partial charge in [0.1, 0.15) is 12.7 Å². The molecule has 0 saturated carbocycles. The van der Waals surface area contributed by atoms with Crippen molar-refractivity contribution in [3.63, 3.8) is 0 Å². The molecule has 0 N–H and O–H groups in total. The highest BCUT2D eigenvalue weighted by Crippen LogP contribution is 2.32. The van der Waals surface area contributed by atoms with Gasteiger partial charge in [-0.3, -0.25) is 0 Å². The number of hydrogen-bond acceptors (Lipinski definition) is 6. The Morgan fingerprint density at radius 3 is 2.70 bits per heavy atom. The van der Waals surface area contributed by atoms with Crippen molar-refractivity contribution in [2.24, 2.45) is 0 Å². The molecule has 0 aliphatic heterocycles. The van der Waals surface area contributed by atoms with Crippen molar-refractivity contribution in [2.45, 2.75) is 11.1 Å². The van der Waals surface area contributed by atoms with E-state index in [0.29, 0.717) is 27.7 Å². The van der Waals surface area contributed by atoms with E-state index in [1.807, 2.05) is 6.07 Å². The van der Waals surface area contributed by atoms with Crippen molar-refractivity contribution in [3.8, 4) is 17.6 Å². The first-order chi connectivity index (χ1) is 14.3. The van der Waals surface area contributed by atoms with Crippen LogP contribution in [0.5, 0.6) is 11.5 Å². The van der Waals surface area contributed by atoms with Gasteiger partial charge in [-0.25, -0.2) is 4.79 Å². The van der Waals surface area contributed by atoms with E-state index in [1.54, 1.807) is 24.3 Å². The molecule has 2 aromatic rings. The topological polar surface area (TPSA) is 68.6 Å². The van der Waals surface area contributed by atoms with Gasteiger partial charge in [-0.1, -0.05) is 12.1 Å². The summed E-state index contributed by atoms with van der Waals surface area (Å²) in [7, 11) is 1.46. The molecule has 0 aromatic heterocycles. The second kappa shape index (κ2) is 11.2. The van der Waals surface area contributed by atoms with Crippen LogP contribution in [0.2, 0.25) is 0 Å². The SMILES string of the molecule is COc1cc(/C=C/C(=O)OCCSc2cccc(C(F)(F)F)c2)ccc1OCC#N. The minimum absolute atomic E-state index is 0.0499. The molecule has 9 heteroatoms. The number of rotatable bonds is 9. The Bertz CT molecular complexity index is 939. The molecule has 0 amide bonds. The Kier molecular flexibility index (Phi) is 8.62. The second-order valence-corrected chi connectivity index (χ2v) is 6.90. The van der Waals surface area contributed by atoms with Gasteiger partial charge < -0.3 is 14.2 Å². The molecule has 0 spiro atoms. The number of nitriles is 1. The third kappa shape index (κ3) is 7.37. The number of nitrogens with zero attached hydrogens (tertiary/aromatic N) is 1. The first-order valence-corrected chi connectivity index (χ1v) is 9.64. The molecule has 0 bridgehead atoms. The van der Waals surface area contributed by atoms with Gasteiger partial charge in [-0.2, -0.15) is 18.4 Å². The van der Waals surface area contributed by atoms with Gasteiger partial charge in [0.2, 0.25) is 0 Å². The Morgan fingerprint density at radius 2 is 2.00 bits per heavy atom. The van der Waals surface area contributed by atoms with Crippen LogP contribution >= 0.6 is 11.8 Å². The molecule has 0 saturated heterocycles. The van der Waals surface area contributed by atoms with Gasteiger partial charge in [-0.15, -0.1) is 11.8 Å². The summed E-state index contributed by atoms with van der Waals surface area (Å²) in [5.41, 5.74) is -0.0571. The summed E-state index contributed by atoms with van der Waals surface area (Å²) in [6, 6.07) is 11.8. The van der Waals surface area contributed by atoms with E-state index in [-0.39, 0.29) is 13.2 Å². The van der Waals surface area contributed by atoms with Crippen LogP contribution in [0.4, 0.5) is 13.2 Å². The molecule has 2 aromatic carbocycles. The van der Waals surface area contributed by atoms with Crippen molar-refractivity contribution in [1.29, 1.82) is 5.26 Å². The van der Waals surface area contributed by atoms with Gasteiger partial charge in [0.15, 0.2) is 18.1 Å². The third-order valence-electron chi connectivity index (χ3n) is 3.65. The van der Waals surface area contributed by atoms with E-state index in [0.717, 1.165) is 12.1 Å². The van der Waals surface area contributed by atoms with E-state index >= 15 is 0 Å². The number of esters is 1. The van der Waals surface area contributed by atoms with Gasteiger partial charge in [0.25, 0.3) is 0 Å². The highest BCUT2D eigenvalue weighted by atomic mass is 32.2. The summed E-state index contributed by atoms with van der Waals surface area (Å²) in [4.78, 5) is 12.3. The number of carbonyl (C=O) groups excluding carboxylic acids is 1. The molecular formula is C21H18F3NO4S. The van der Waals surface area contributed by atoms with Crippen LogP contribution in [0.25, 0.3) is 6.08 Å². The molecule has 0 unspecified atom stereocenters. The molecule has 0 heterocycles. The van der Waals surface area contributed by atoms with Gasteiger partial charge in [0, 0.05) is 16.7 Å². The molecule has 2 rings (SSSR count). The predicted octanol–water partition coefficient (Wildman–Crippen LogP) is 4.97. The highest BCUT2D eigenvalue weighted by Gasteiger charge is 2.30. The monoisotopic (exact) mass is 437 g/mol. The third-order valence-corrected chi connectivity index (χ3v) is 4.61. The fourth-order valence-corrected chi connectivity index (χ4v) is 3.08. The fraction of sp³-hybridized carbons (Fsp3) is 0.238. The number of benzene rings is 2. The predicted molar refractivity (Wildman–Crippen MR) is 106 cm³/mol. The Morgan fingerprint density at radius 1 is 1.20 bits per heavy atom. The molecular weight excluding hydrogens is 419 g/mol. The number of halogens is 3. The number of alkyl halides is 3. The summed E-state index contributed by atoms with van der Waals surface area (Å²) in [6.07, 6.45) is -1.63. The molecule has 0 aliphatic carbocycles. The molecule has 30 heavy (non-hydrogen) atoms. The van der Waals surface area contributed by atoms with Gasteiger partial charge >= 0.3 is 12.1 Å². The maximum atomic E-state index is 12.7. The van der Waals surface area contributed by atoms with Crippen LogP contribution in [0.1, 0.15) is 11.1 Å². The van der Waals surface area contributed by atoms with Crippen molar-refractivity contribution in [1.82, 2.24) is 0 Å². The second-order valence-electron chi connectivity index (χ2n) is 5.73. The maximum Gasteiger partial charge on any atom is 0.416 e. The van der Waals surface area contributed by atoms with Crippen molar-refractivity contribution >= 4 is 23.8 Å². The standard InChI is InChI=1S/C21H18F3NO4S/c1-27-19-13-15(5-7-18(19)28-10-9-25)6-8-20(26)29-11-12-30-17-4-2-3-16(14-17)21(22,23)24/h2-8,13-14H,10-12H2,1H3/b8-6+. The number of methoxy groups -OCH3 is 1. The zero-order valence-electron chi connectivity index (χ0n) is 15.9. The molecule has 5 nitrogen and oxygen atoms in total. The van der Waals surface area contributed by atoms with Crippen LogP contribution in [0.15, 0.2) is 53.4 Å². The number of thioether (sulfide) groups is 1. The average Bonchev–Trinajstić information content (AvgIpc) is 2.73. The quantitative estimate of drug-likeness (QED) is 0.239. The lowest BCUT2D eigenvalue weighted by Gasteiger charge is -2.09. The van der Waals surface area contributed by atoms with E-state index in [9.17, 15) is 18.0 Å². The van der Waals surface area contributed by atoms with Gasteiger partial charge in [0.05, 0.1) is 12.7 Å². The summed E-state index contributed by atoms with van der Waals surface area (Å²) in [5, 5.41) is 8.56. The number of ether oxygens (including phenoxy) is 3. The highest BCUT2D eigenvalue weighted by molar-refractivity contribution is 7.99. The minimum atomic E-state index is -4.39. The number of carbonyl (C=O) groups is 1. The van der Waals surface area contributed by atoms with Crippen molar-refractivity contribution in [3.05, 3.63) is 59.7 Å². The average molecular weight is 437 g/mol. The van der Waals surface area contributed by atoms with Crippen LogP contribution in [-0.4, -0.2) is 32.0 Å². The Balaban J connectivity index is 1.82. The van der Waals surface area contributed by atoms with E-state index in [2.05, 4.69) is 0 Å². The first-order valence-electron chi connectivity index (χ1n) is 8.66. The van der Waals surface area contributed by atoms with Crippen LogP contribution in [0, 0.1) is 11.3 Å². The normalized spacial score (nSPS) is 11.2. The Labute approximate surface area is 176 Å². The zero-order valence-corrected chi connectivity index (χ0v) is 16.8. The van der Waals surface area contributed by atoms with Gasteiger partial charge in [-0.05, 0) is 42.0 Å². The van der Waals surface area contributed by atoms with Crippen molar-refractivity contribution < 1.29 is 32.2 Å². The molecule has 0 atom stereocenters. The minimum Gasteiger partial charge on any atom is -0.493 e. The zero-order chi connectivity index (χ0) is 22.0. The summed E-state index contributed by atoms with van der Waals surface area (Å²) < 4.78 is 53.6. The molecule has 0 fully saturated rings. The molecule has 158 valence electrons. The first kappa shape index (κ1) is 23.2. The van der Waals surface area contributed by atoms with Crippen LogP contribution < -0.4 is 9.47 Å². The maximum absolute atomic E-state index is 12.7. The molecule has 0 aliphatic rings.